The number of hydrogen-bond donors (Lipinski definition) is 1. The lowest BCUT2D eigenvalue weighted by molar-refractivity contribution is 0.224. The molecule has 2 rings (SSSR count). The number of benzene rings is 2. The van der Waals surface area contributed by atoms with Crippen molar-refractivity contribution in [2.24, 2.45) is 5.92 Å². The predicted octanol–water partition coefficient (Wildman–Crippen LogP) is 3.54. The Bertz CT molecular complexity index is 578. The van der Waals surface area contributed by atoms with Crippen molar-refractivity contribution in [3.63, 3.8) is 0 Å². The molecule has 0 amide bonds. The van der Waals surface area contributed by atoms with Gasteiger partial charge < -0.3 is 9.84 Å². The molecule has 21 heavy (non-hydrogen) atoms. The minimum atomic E-state index is -0.236. The summed E-state index contributed by atoms with van der Waals surface area (Å²) >= 11 is 0. The van der Waals surface area contributed by atoms with Crippen LogP contribution in [0.5, 0.6) is 5.75 Å². The molecular formula is C18H21FO2. The zero-order chi connectivity index (χ0) is 15.2. The highest BCUT2D eigenvalue weighted by molar-refractivity contribution is 5.37. The quantitative estimate of drug-likeness (QED) is 0.881. The van der Waals surface area contributed by atoms with Crippen molar-refractivity contribution in [2.45, 2.75) is 19.8 Å². The molecule has 0 spiro atoms. The maximum absolute atomic E-state index is 12.9. The number of aliphatic hydroxyl groups is 1. The smallest absolute Gasteiger partial charge is 0.123 e. The van der Waals surface area contributed by atoms with Crippen molar-refractivity contribution >= 4 is 0 Å². The van der Waals surface area contributed by atoms with Crippen LogP contribution < -0.4 is 4.74 Å². The van der Waals surface area contributed by atoms with Gasteiger partial charge in [-0.3, -0.25) is 0 Å². The fourth-order valence-electron chi connectivity index (χ4n) is 2.53. The van der Waals surface area contributed by atoms with Crippen LogP contribution in [0.2, 0.25) is 0 Å². The Hall–Kier alpha value is -1.87. The Labute approximate surface area is 125 Å². The first-order chi connectivity index (χ1) is 10.1. The molecule has 0 saturated carbocycles. The third-order valence-corrected chi connectivity index (χ3v) is 3.64. The molecule has 1 unspecified atom stereocenters. The van der Waals surface area contributed by atoms with Crippen LogP contribution in [0.1, 0.15) is 16.7 Å². The maximum Gasteiger partial charge on any atom is 0.123 e. The van der Waals surface area contributed by atoms with Gasteiger partial charge in [0.15, 0.2) is 0 Å². The molecule has 0 aliphatic rings. The summed E-state index contributed by atoms with van der Waals surface area (Å²) in [5.74, 6) is 0.698. The van der Waals surface area contributed by atoms with Gasteiger partial charge in [0.1, 0.15) is 11.6 Å². The highest BCUT2D eigenvalue weighted by Gasteiger charge is 2.13. The Morgan fingerprint density at radius 3 is 2.43 bits per heavy atom. The first kappa shape index (κ1) is 15.5. The Morgan fingerprint density at radius 2 is 1.81 bits per heavy atom. The average molecular weight is 288 g/mol. The van der Waals surface area contributed by atoms with Crippen molar-refractivity contribution in [3.8, 4) is 5.75 Å². The van der Waals surface area contributed by atoms with Crippen LogP contribution >= 0.6 is 0 Å². The van der Waals surface area contributed by atoms with E-state index in [0.29, 0.717) is 6.42 Å². The third kappa shape index (κ3) is 4.30. The van der Waals surface area contributed by atoms with E-state index in [9.17, 15) is 9.50 Å². The van der Waals surface area contributed by atoms with E-state index in [4.69, 9.17) is 4.74 Å². The number of hydrogen-bond acceptors (Lipinski definition) is 2. The molecule has 0 aromatic heterocycles. The Balaban J connectivity index is 2.11. The molecule has 0 radical (unpaired) electrons. The summed E-state index contributed by atoms with van der Waals surface area (Å²) < 4.78 is 18.3. The van der Waals surface area contributed by atoms with Gasteiger partial charge in [-0.15, -0.1) is 0 Å². The van der Waals surface area contributed by atoms with Gasteiger partial charge in [-0.25, -0.2) is 4.39 Å². The van der Waals surface area contributed by atoms with Crippen LogP contribution in [0.25, 0.3) is 0 Å². The molecule has 0 bridgehead atoms. The second-order valence-corrected chi connectivity index (χ2v) is 5.40. The molecule has 0 heterocycles. The Morgan fingerprint density at radius 1 is 1.10 bits per heavy atom. The SMILES string of the molecule is COc1ccc(C)cc1CC(CO)Cc1ccc(F)cc1. The largest absolute Gasteiger partial charge is 0.496 e. The minimum absolute atomic E-state index is 0.0890. The Kier molecular flexibility index (Phi) is 5.34. The fraction of sp³-hybridized carbons (Fsp3) is 0.333. The van der Waals surface area contributed by atoms with Crippen molar-refractivity contribution in [2.75, 3.05) is 13.7 Å². The van der Waals surface area contributed by atoms with Crippen molar-refractivity contribution < 1.29 is 14.2 Å². The molecule has 2 nitrogen and oxygen atoms in total. The lowest BCUT2D eigenvalue weighted by Crippen LogP contribution is -2.13. The van der Waals surface area contributed by atoms with E-state index >= 15 is 0 Å². The van der Waals surface area contributed by atoms with E-state index in [0.717, 1.165) is 23.3 Å². The van der Waals surface area contributed by atoms with Crippen LogP contribution in [0.15, 0.2) is 42.5 Å². The standard InChI is InChI=1S/C18H21FO2/c1-13-3-8-18(21-2)16(9-13)11-15(12-20)10-14-4-6-17(19)7-5-14/h3-9,15,20H,10-12H2,1-2H3. The number of methoxy groups -OCH3 is 1. The summed E-state index contributed by atoms with van der Waals surface area (Å²) in [5.41, 5.74) is 3.30. The van der Waals surface area contributed by atoms with Gasteiger partial charge >= 0.3 is 0 Å². The van der Waals surface area contributed by atoms with Crippen molar-refractivity contribution in [1.29, 1.82) is 0 Å². The molecule has 1 N–H and O–H groups in total. The number of rotatable bonds is 6. The van der Waals surface area contributed by atoms with Crippen LogP contribution in [0.3, 0.4) is 0 Å². The minimum Gasteiger partial charge on any atom is -0.496 e. The van der Waals surface area contributed by atoms with Gasteiger partial charge in [-0.05, 0) is 55.0 Å². The summed E-state index contributed by atoms with van der Waals surface area (Å²) in [4.78, 5) is 0. The summed E-state index contributed by atoms with van der Waals surface area (Å²) in [6.45, 7) is 2.13. The van der Waals surface area contributed by atoms with Crippen LogP contribution in [0.4, 0.5) is 4.39 Å². The molecule has 112 valence electrons. The van der Waals surface area contributed by atoms with E-state index in [1.165, 1.54) is 17.7 Å². The molecule has 0 saturated heterocycles. The van der Waals surface area contributed by atoms with E-state index in [1.54, 1.807) is 19.2 Å². The lowest BCUT2D eigenvalue weighted by Gasteiger charge is -2.17. The first-order valence-corrected chi connectivity index (χ1v) is 7.11. The molecule has 2 aromatic rings. The number of ether oxygens (including phenoxy) is 1. The van der Waals surface area contributed by atoms with E-state index in [-0.39, 0.29) is 18.3 Å². The summed E-state index contributed by atoms with van der Waals surface area (Å²) in [7, 11) is 1.65. The number of aryl methyl sites for hydroxylation is 1. The lowest BCUT2D eigenvalue weighted by atomic mass is 9.92. The average Bonchev–Trinajstić information content (AvgIpc) is 2.49. The highest BCUT2D eigenvalue weighted by Crippen LogP contribution is 2.24. The van der Waals surface area contributed by atoms with Gasteiger partial charge in [-0.1, -0.05) is 29.8 Å². The van der Waals surface area contributed by atoms with Gasteiger partial charge in [-0.2, -0.15) is 0 Å². The second kappa shape index (κ2) is 7.23. The van der Waals surface area contributed by atoms with Crippen molar-refractivity contribution in [3.05, 3.63) is 65.0 Å². The van der Waals surface area contributed by atoms with E-state index < -0.39 is 0 Å². The molecule has 0 fully saturated rings. The van der Waals surface area contributed by atoms with Gasteiger partial charge in [0.05, 0.1) is 7.11 Å². The van der Waals surface area contributed by atoms with E-state index in [1.807, 2.05) is 19.1 Å². The van der Waals surface area contributed by atoms with Crippen molar-refractivity contribution in [1.82, 2.24) is 0 Å². The molecule has 3 heteroatoms. The zero-order valence-electron chi connectivity index (χ0n) is 12.5. The zero-order valence-corrected chi connectivity index (χ0v) is 12.5. The number of halogens is 1. The molecular weight excluding hydrogens is 267 g/mol. The molecule has 1 atom stereocenters. The first-order valence-electron chi connectivity index (χ1n) is 7.11. The predicted molar refractivity (Wildman–Crippen MR) is 82.1 cm³/mol. The highest BCUT2D eigenvalue weighted by atomic mass is 19.1. The normalized spacial score (nSPS) is 12.2. The summed E-state index contributed by atoms with van der Waals surface area (Å²) in [6, 6.07) is 12.5. The van der Waals surface area contributed by atoms with Crippen LogP contribution in [0, 0.1) is 18.7 Å². The van der Waals surface area contributed by atoms with Gasteiger partial charge in [0, 0.05) is 6.61 Å². The monoisotopic (exact) mass is 288 g/mol. The summed E-state index contributed by atoms with van der Waals surface area (Å²) in [5, 5.41) is 9.62. The molecule has 0 aliphatic heterocycles. The molecule has 2 aromatic carbocycles. The van der Waals surface area contributed by atoms with Gasteiger partial charge in [0.2, 0.25) is 0 Å². The fourth-order valence-corrected chi connectivity index (χ4v) is 2.53. The summed E-state index contributed by atoms with van der Waals surface area (Å²) in [6.07, 6.45) is 1.45. The van der Waals surface area contributed by atoms with E-state index in [2.05, 4.69) is 6.07 Å². The topological polar surface area (TPSA) is 29.5 Å². The van der Waals surface area contributed by atoms with Crippen LogP contribution in [-0.4, -0.2) is 18.8 Å². The molecule has 0 aliphatic carbocycles. The number of aliphatic hydroxyl groups excluding tert-OH is 1. The second-order valence-electron chi connectivity index (χ2n) is 5.40. The van der Waals surface area contributed by atoms with Gasteiger partial charge in [0.25, 0.3) is 0 Å². The maximum atomic E-state index is 12.9. The van der Waals surface area contributed by atoms with Crippen LogP contribution in [-0.2, 0) is 12.8 Å². The third-order valence-electron chi connectivity index (χ3n) is 3.64.